The van der Waals surface area contributed by atoms with Crippen molar-refractivity contribution in [2.45, 2.75) is 37.6 Å². The van der Waals surface area contributed by atoms with Crippen LogP contribution in [0.25, 0.3) is 10.1 Å². The number of amides is 1. The second kappa shape index (κ2) is 10.1. The Hall–Kier alpha value is -2.75. The second-order valence-electron chi connectivity index (χ2n) is 9.88. The lowest BCUT2D eigenvalue weighted by Gasteiger charge is -2.39. The Morgan fingerprint density at radius 3 is 2.63 bits per heavy atom. The first-order valence-corrected chi connectivity index (χ1v) is 13.2. The molecule has 5 rings (SSSR count). The fraction of sp³-hybridized carbons (Fsp3) is 0.500. The SMILES string of the molecule is CN(C)C(=O)c1sc2cnc(Nc3ccc(N4CCN(C)[C@@H](CO)C4)cn3)cc2c1C1CCCC1. The van der Waals surface area contributed by atoms with E-state index in [1.54, 1.807) is 16.2 Å². The number of hydrogen-bond acceptors (Lipinski definition) is 8. The van der Waals surface area contributed by atoms with Crippen LogP contribution in [0.4, 0.5) is 17.3 Å². The number of nitrogens with one attached hydrogen (secondary N) is 1. The number of anilines is 3. The Balaban J connectivity index is 1.39. The van der Waals surface area contributed by atoms with Gasteiger partial charge in [0.2, 0.25) is 0 Å². The van der Waals surface area contributed by atoms with Crippen LogP contribution in [0.5, 0.6) is 0 Å². The van der Waals surface area contributed by atoms with E-state index < -0.39 is 0 Å². The molecule has 0 radical (unpaired) electrons. The van der Waals surface area contributed by atoms with E-state index in [1.165, 1.54) is 18.4 Å². The van der Waals surface area contributed by atoms with Crippen molar-refractivity contribution < 1.29 is 9.90 Å². The molecule has 2 N–H and O–H groups in total. The highest BCUT2D eigenvalue weighted by atomic mass is 32.1. The van der Waals surface area contributed by atoms with Crippen molar-refractivity contribution in [1.82, 2.24) is 19.8 Å². The third-order valence-electron chi connectivity index (χ3n) is 7.34. The largest absolute Gasteiger partial charge is 0.395 e. The molecule has 0 bridgehead atoms. The highest BCUT2D eigenvalue weighted by Gasteiger charge is 2.28. The number of likely N-dealkylation sites (N-methyl/N-ethyl adjacent to an activating group) is 1. The molecule has 1 atom stereocenters. The molecule has 3 aromatic rings. The minimum absolute atomic E-state index is 0.0761. The standard InChI is InChI=1S/C26H34N6O2S/c1-30(2)26(34)25-24(17-6-4-5-7-17)20-12-23(28-14-21(20)35-25)29-22-9-8-18(13-27-22)32-11-10-31(3)19(15-32)16-33/h8-9,12-14,17,19,33H,4-7,10-11,15-16H2,1-3H3,(H,27,28,29)/t19-/m1/s1. The second-order valence-corrected chi connectivity index (χ2v) is 10.9. The van der Waals surface area contributed by atoms with Crippen molar-refractivity contribution in [3.05, 3.63) is 41.0 Å². The van der Waals surface area contributed by atoms with Crippen LogP contribution < -0.4 is 10.2 Å². The highest BCUT2D eigenvalue weighted by Crippen LogP contribution is 2.44. The van der Waals surface area contributed by atoms with Gasteiger partial charge in [0, 0.05) is 45.3 Å². The molecule has 1 saturated carbocycles. The molecule has 3 aromatic heterocycles. The van der Waals surface area contributed by atoms with E-state index in [-0.39, 0.29) is 18.6 Å². The van der Waals surface area contributed by atoms with Crippen molar-refractivity contribution in [3.8, 4) is 0 Å². The van der Waals surface area contributed by atoms with Crippen LogP contribution in [-0.4, -0.2) is 84.2 Å². The molecular formula is C26H34N6O2S. The third kappa shape index (κ3) is 4.85. The Kier molecular flexibility index (Phi) is 6.91. The molecular weight excluding hydrogens is 460 g/mol. The summed E-state index contributed by atoms with van der Waals surface area (Å²) in [4.78, 5) is 29.2. The Morgan fingerprint density at radius 2 is 1.94 bits per heavy atom. The molecule has 9 heteroatoms. The first-order chi connectivity index (χ1) is 16.9. The van der Waals surface area contributed by atoms with Crippen LogP contribution in [0, 0.1) is 0 Å². The number of nitrogens with zero attached hydrogens (tertiary/aromatic N) is 5. The quantitative estimate of drug-likeness (QED) is 0.537. The lowest BCUT2D eigenvalue weighted by molar-refractivity contribution is 0.0831. The van der Waals surface area contributed by atoms with Gasteiger partial charge in [-0.25, -0.2) is 9.97 Å². The Bertz CT molecular complexity index is 1190. The number of piperazine rings is 1. The lowest BCUT2D eigenvalue weighted by atomic mass is 9.94. The fourth-order valence-corrected chi connectivity index (χ4v) is 6.49. The molecule has 2 fully saturated rings. The summed E-state index contributed by atoms with van der Waals surface area (Å²) in [5.41, 5.74) is 2.25. The van der Waals surface area contributed by atoms with E-state index in [4.69, 9.17) is 0 Å². The Labute approximate surface area is 210 Å². The summed E-state index contributed by atoms with van der Waals surface area (Å²) in [6.45, 7) is 2.77. The molecule has 35 heavy (non-hydrogen) atoms. The van der Waals surface area contributed by atoms with Gasteiger partial charge in [0.05, 0.1) is 34.1 Å². The van der Waals surface area contributed by atoms with Crippen molar-refractivity contribution in [2.24, 2.45) is 0 Å². The maximum Gasteiger partial charge on any atom is 0.263 e. The van der Waals surface area contributed by atoms with Crippen LogP contribution in [0.3, 0.4) is 0 Å². The summed E-state index contributed by atoms with van der Waals surface area (Å²) < 4.78 is 1.06. The zero-order valence-corrected chi connectivity index (χ0v) is 21.5. The van der Waals surface area contributed by atoms with Gasteiger partial charge in [0.1, 0.15) is 11.6 Å². The summed E-state index contributed by atoms with van der Waals surface area (Å²) in [5.74, 6) is 1.98. The molecule has 0 aromatic carbocycles. The molecule has 1 aliphatic heterocycles. The number of aliphatic hydroxyl groups is 1. The molecule has 1 amide bonds. The summed E-state index contributed by atoms with van der Waals surface area (Å²) in [7, 11) is 5.69. The number of pyridine rings is 2. The number of fused-ring (bicyclic) bond motifs is 1. The Morgan fingerprint density at radius 1 is 1.17 bits per heavy atom. The molecule has 0 unspecified atom stereocenters. The topological polar surface area (TPSA) is 84.8 Å². The van der Waals surface area contributed by atoms with Gasteiger partial charge in [-0.3, -0.25) is 9.69 Å². The van der Waals surface area contributed by atoms with Crippen LogP contribution in [-0.2, 0) is 0 Å². The summed E-state index contributed by atoms with van der Waals surface area (Å²) >= 11 is 1.56. The van der Waals surface area contributed by atoms with Crippen molar-refractivity contribution >= 4 is 44.7 Å². The number of aliphatic hydroxyl groups excluding tert-OH is 1. The minimum atomic E-state index is 0.0761. The predicted molar refractivity (Wildman–Crippen MR) is 142 cm³/mol. The van der Waals surface area contributed by atoms with Crippen LogP contribution in [0.2, 0.25) is 0 Å². The minimum Gasteiger partial charge on any atom is -0.395 e. The monoisotopic (exact) mass is 494 g/mol. The first kappa shape index (κ1) is 24.0. The predicted octanol–water partition coefficient (Wildman–Crippen LogP) is 3.91. The average molecular weight is 495 g/mol. The summed E-state index contributed by atoms with van der Waals surface area (Å²) in [6, 6.07) is 6.26. The van der Waals surface area contributed by atoms with E-state index >= 15 is 0 Å². The molecule has 186 valence electrons. The number of hydrogen-bond donors (Lipinski definition) is 2. The van der Waals surface area contributed by atoms with Gasteiger partial charge < -0.3 is 20.2 Å². The van der Waals surface area contributed by atoms with Crippen LogP contribution >= 0.6 is 11.3 Å². The van der Waals surface area contributed by atoms with Crippen molar-refractivity contribution in [3.63, 3.8) is 0 Å². The number of carbonyl (C=O) groups excluding carboxylic acids is 1. The lowest BCUT2D eigenvalue weighted by Crippen LogP contribution is -2.53. The van der Waals surface area contributed by atoms with Gasteiger partial charge in [0.25, 0.3) is 5.91 Å². The smallest absolute Gasteiger partial charge is 0.263 e. The number of thiophene rings is 1. The molecule has 1 saturated heterocycles. The molecule has 1 aliphatic carbocycles. The summed E-state index contributed by atoms with van der Waals surface area (Å²) in [5, 5.41) is 14.1. The van der Waals surface area contributed by atoms with Crippen LogP contribution in [0.1, 0.15) is 46.8 Å². The van der Waals surface area contributed by atoms with Gasteiger partial charge >= 0.3 is 0 Å². The van der Waals surface area contributed by atoms with Crippen LogP contribution in [0.15, 0.2) is 30.6 Å². The van der Waals surface area contributed by atoms with E-state index in [0.29, 0.717) is 5.92 Å². The number of carbonyl (C=O) groups is 1. The van der Waals surface area contributed by atoms with Gasteiger partial charge in [-0.15, -0.1) is 11.3 Å². The molecule has 0 spiro atoms. The van der Waals surface area contributed by atoms with E-state index in [0.717, 1.165) is 64.8 Å². The average Bonchev–Trinajstić information content (AvgIpc) is 3.52. The van der Waals surface area contributed by atoms with Crippen molar-refractivity contribution in [2.75, 3.05) is 57.6 Å². The zero-order valence-electron chi connectivity index (χ0n) is 20.7. The van der Waals surface area contributed by atoms with Gasteiger partial charge in [0.15, 0.2) is 0 Å². The summed E-state index contributed by atoms with van der Waals surface area (Å²) in [6.07, 6.45) is 8.46. The number of rotatable bonds is 6. The third-order valence-corrected chi connectivity index (χ3v) is 8.48. The fourth-order valence-electron chi connectivity index (χ4n) is 5.23. The first-order valence-electron chi connectivity index (χ1n) is 12.4. The molecule has 4 heterocycles. The van der Waals surface area contributed by atoms with Gasteiger partial charge in [-0.05, 0) is 49.6 Å². The number of aromatic nitrogens is 2. The van der Waals surface area contributed by atoms with Crippen molar-refractivity contribution in [1.29, 1.82) is 0 Å². The molecule has 2 aliphatic rings. The molecule has 8 nitrogen and oxygen atoms in total. The maximum absolute atomic E-state index is 13.0. The van der Waals surface area contributed by atoms with E-state index in [9.17, 15) is 9.90 Å². The maximum atomic E-state index is 13.0. The van der Waals surface area contributed by atoms with Gasteiger partial charge in [-0.1, -0.05) is 12.8 Å². The van der Waals surface area contributed by atoms with E-state index in [2.05, 4.69) is 44.3 Å². The zero-order chi connectivity index (χ0) is 24.5. The highest BCUT2D eigenvalue weighted by molar-refractivity contribution is 7.21. The normalized spacial score (nSPS) is 19.4. The van der Waals surface area contributed by atoms with E-state index in [1.807, 2.05) is 32.6 Å². The van der Waals surface area contributed by atoms with Gasteiger partial charge in [-0.2, -0.15) is 0 Å².